The van der Waals surface area contributed by atoms with E-state index in [1.165, 1.54) is 12.4 Å². The average Bonchev–Trinajstić information content (AvgIpc) is 2.98. The summed E-state index contributed by atoms with van der Waals surface area (Å²) in [4.78, 5) is 20.8. The quantitative estimate of drug-likeness (QED) is 0.504. The smallest absolute Gasteiger partial charge is 0.333 e. The molecule has 0 saturated heterocycles. The molecular formula is C17H10ClF3N4O. The molecule has 0 radical (unpaired) electrons. The summed E-state index contributed by atoms with van der Waals surface area (Å²) in [5, 5.41) is 0.581. The monoisotopic (exact) mass is 378 g/mol. The molecule has 0 aliphatic carbocycles. The van der Waals surface area contributed by atoms with Gasteiger partial charge >= 0.3 is 6.18 Å². The number of halogens is 4. The Morgan fingerprint density at radius 2 is 1.85 bits per heavy atom. The predicted molar refractivity (Wildman–Crippen MR) is 91.6 cm³/mol. The molecule has 1 aromatic carbocycles. The fraction of sp³-hybridized carbons (Fsp3) is 0.118. The Bertz CT molecular complexity index is 1230. The topological polar surface area (TPSA) is 52.7 Å². The molecule has 0 atom stereocenters. The van der Waals surface area contributed by atoms with Crippen LogP contribution in [0.3, 0.4) is 0 Å². The van der Waals surface area contributed by atoms with Crippen molar-refractivity contribution in [3.63, 3.8) is 0 Å². The summed E-state index contributed by atoms with van der Waals surface area (Å²) in [6, 6.07) is 8.56. The van der Waals surface area contributed by atoms with Crippen LogP contribution in [0.5, 0.6) is 0 Å². The summed E-state index contributed by atoms with van der Waals surface area (Å²) < 4.78 is 42.2. The molecule has 0 amide bonds. The van der Waals surface area contributed by atoms with Gasteiger partial charge in [0, 0.05) is 12.4 Å². The number of nitrogens with zero attached hydrogens (tertiary/aromatic N) is 4. The van der Waals surface area contributed by atoms with Gasteiger partial charge in [-0.3, -0.25) is 9.36 Å². The maximum atomic E-state index is 13.2. The lowest BCUT2D eigenvalue weighted by molar-refractivity contribution is -0.141. The largest absolute Gasteiger partial charge is 0.433 e. The van der Waals surface area contributed by atoms with Gasteiger partial charge in [-0.05, 0) is 24.3 Å². The molecule has 0 bridgehead atoms. The second-order valence-electron chi connectivity index (χ2n) is 5.71. The molecule has 0 fully saturated rings. The molecule has 5 nitrogen and oxygen atoms in total. The first-order chi connectivity index (χ1) is 12.3. The van der Waals surface area contributed by atoms with E-state index in [9.17, 15) is 18.0 Å². The Morgan fingerprint density at radius 1 is 1.12 bits per heavy atom. The first-order valence-corrected chi connectivity index (χ1v) is 7.85. The fourth-order valence-corrected chi connectivity index (χ4v) is 3.14. The van der Waals surface area contributed by atoms with E-state index >= 15 is 0 Å². The van der Waals surface area contributed by atoms with Crippen molar-refractivity contribution in [1.82, 2.24) is 19.1 Å². The first kappa shape index (κ1) is 16.6. The summed E-state index contributed by atoms with van der Waals surface area (Å²) in [6.07, 6.45) is -3.21. The second-order valence-corrected chi connectivity index (χ2v) is 6.12. The lowest BCUT2D eigenvalue weighted by Gasteiger charge is -2.14. The highest BCUT2D eigenvalue weighted by molar-refractivity contribution is 6.32. The molecule has 26 heavy (non-hydrogen) atoms. The van der Waals surface area contributed by atoms with Gasteiger partial charge in [-0.15, -0.1) is 0 Å². The van der Waals surface area contributed by atoms with Crippen LogP contribution >= 0.6 is 11.6 Å². The molecule has 0 aliphatic heterocycles. The molecular weight excluding hydrogens is 369 g/mol. The highest BCUT2D eigenvalue weighted by Crippen LogP contribution is 2.31. The van der Waals surface area contributed by atoms with Gasteiger partial charge in [0.15, 0.2) is 5.52 Å². The lowest BCUT2D eigenvalue weighted by atomic mass is 10.2. The Balaban J connectivity index is 2.26. The minimum absolute atomic E-state index is 0.126. The molecule has 4 rings (SSSR count). The fourth-order valence-electron chi connectivity index (χ4n) is 2.92. The number of imidazole rings is 1. The van der Waals surface area contributed by atoms with Gasteiger partial charge in [-0.1, -0.05) is 23.7 Å². The van der Waals surface area contributed by atoms with Gasteiger partial charge in [0.1, 0.15) is 11.3 Å². The minimum atomic E-state index is -4.64. The number of fused-ring (bicyclic) bond motifs is 3. The Kier molecular flexibility index (Phi) is 3.55. The van der Waals surface area contributed by atoms with Crippen molar-refractivity contribution < 1.29 is 13.2 Å². The van der Waals surface area contributed by atoms with Crippen molar-refractivity contribution in [3.8, 4) is 5.69 Å². The highest BCUT2D eigenvalue weighted by atomic mass is 35.5. The first-order valence-electron chi connectivity index (χ1n) is 7.48. The molecule has 0 unspecified atom stereocenters. The van der Waals surface area contributed by atoms with Crippen LogP contribution in [0.4, 0.5) is 13.2 Å². The number of para-hydroxylation sites is 1. The average molecular weight is 379 g/mol. The predicted octanol–water partition coefficient (Wildman–Crippen LogP) is 3.94. The third-order valence-corrected chi connectivity index (χ3v) is 4.39. The molecule has 0 saturated carbocycles. The third-order valence-electron chi connectivity index (χ3n) is 4.07. The summed E-state index contributed by atoms with van der Waals surface area (Å²) in [7, 11) is 1.66. The molecule has 0 spiro atoms. The minimum Gasteiger partial charge on any atom is -0.333 e. The number of alkyl halides is 3. The number of hydrogen-bond acceptors (Lipinski definition) is 3. The van der Waals surface area contributed by atoms with Crippen molar-refractivity contribution in [2.24, 2.45) is 7.05 Å². The molecule has 3 aromatic heterocycles. The van der Waals surface area contributed by atoms with E-state index in [0.717, 1.165) is 10.6 Å². The number of aryl methyl sites for hydroxylation is 1. The van der Waals surface area contributed by atoms with E-state index in [0.29, 0.717) is 10.9 Å². The van der Waals surface area contributed by atoms with Crippen molar-refractivity contribution >= 4 is 33.7 Å². The third kappa shape index (κ3) is 2.37. The van der Waals surface area contributed by atoms with Gasteiger partial charge in [0.25, 0.3) is 5.56 Å². The maximum absolute atomic E-state index is 13.2. The Morgan fingerprint density at radius 3 is 2.54 bits per heavy atom. The number of pyridine rings is 2. The number of benzene rings is 1. The van der Waals surface area contributed by atoms with Crippen molar-refractivity contribution in [2.75, 3.05) is 0 Å². The summed E-state index contributed by atoms with van der Waals surface area (Å²) in [5.41, 5.74) is -1.03. The Labute approximate surface area is 149 Å². The zero-order valence-electron chi connectivity index (χ0n) is 13.3. The molecule has 0 N–H and O–H groups in total. The van der Waals surface area contributed by atoms with Crippen LogP contribution in [0.2, 0.25) is 5.02 Å². The number of rotatable bonds is 1. The van der Waals surface area contributed by atoms with Gasteiger partial charge in [-0.2, -0.15) is 13.2 Å². The van der Waals surface area contributed by atoms with Crippen LogP contribution in [-0.4, -0.2) is 19.1 Å². The van der Waals surface area contributed by atoms with Gasteiger partial charge < -0.3 is 4.57 Å². The van der Waals surface area contributed by atoms with Crippen LogP contribution in [0.25, 0.3) is 27.8 Å². The van der Waals surface area contributed by atoms with E-state index < -0.39 is 17.4 Å². The highest BCUT2D eigenvalue weighted by Gasteiger charge is 2.33. The standard InChI is InChI=1S/C17H10ClF3N4O/c1-24-8-22-13-14(24)9-6-7-12(17(19,20)21)23-15(9)25(16(13)26)11-5-3-2-4-10(11)18/h2-8H,1H3. The molecule has 0 aliphatic rings. The lowest BCUT2D eigenvalue weighted by Crippen LogP contribution is -2.22. The molecule has 3 heterocycles. The van der Waals surface area contributed by atoms with Crippen LogP contribution in [0.1, 0.15) is 5.69 Å². The summed E-state index contributed by atoms with van der Waals surface area (Å²) >= 11 is 6.18. The number of hydrogen-bond donors (Lipinski definition) is 0. The zero-order valence-corrected chi connectivity index (χ0v) is 14.0. The summed E-state index contributed by atoms with van der Waals surface area (Å²) in [6.45, 7) is 0. The van der Waals surface area contributed by atoms with E-state index in [1.807, 2.05) is 0 Å². The van der Waals surface area contributed by atoms with Crippen LogP contribution in [0, 0.1) is 0 Å². The van der Waals surface area contributed by atoms with Crippen molar-refractivity contribution in [2.45, 2.75) is 6.18 Å². The Hall–Kier alpha value is -2.87. The molecule has 4 aromatic rings. The van der Waals surface area contributed by atoms with Gasteiger partial charge in [0.2, 0.25) is 0 Å². The molecule has 132 valence electrons. The molecule has 9 heteroatoms. The zero-order chi connectivity index (χ0) is 18.6. The second kappa shape index (κ2) is 5.57. The normalized spacial score (nSPS) is 12.2. The van der Waals surface area contributed by atoms with Crippen LogP contribution in [-0.2, 0) is 13.2 Å². The van der Waals surface area contributed by atoms with Gasteiger partial charge in [-0.25, -0.2) is 9.97 Å². The van der Waals surface area contributed by atoms with E-state index in [-0.39, 0.29) is 21.9 Å². The van der Waals surface area contributed by atoms with E-state index in [4.69, 9.17) is 11.6 Å². The van der Waals surface area contributed by atoms with Gasteiger partial charge in [0.05, 0.1) is 22.6 Å². The van der Waals surface area contributed by atoms with Crippen molar-refractivity contribution in [3.05, 3.63) is 63.8 Å². The van der Waals surface area contributed by atoms with E-state index in [1.54, 1.807) is 35.9 Å². The van der Waals surface area contributed by atoms with Crippen molar-refractivity contribution in [1.29, 1.82) is 0 Å². The van der Waals surface area contributed by atoms with E-state index in [2.05, 4.69) is 9.97 Å². The maximum Gasteiger partial charge on any atom is 0.433 e. The van der Waals surface area contributed by atoms with Crippen LogP contribution in [0.15, 0.2) is 47.5 Å². The van der Waals surface area contributed by atoms with Crippen LogP contribution < -0.4 is 5.56 Å². The SMILES string of the molecule is Cn1cnc2c(=O)n(-c3ccccc3Cl)c3nc(C(F)(F)F)ccc3c21. The summed E-state index contributed by atoms with van der Waals surface area (Å²) in [5.74, 6) is 0. The number of aromatic nitrogens is 4.